The van der Waals surface area contributed by atoms with Crippen LogP contribution in [0.25, 0.3) is 21.9 Å². The van der Waals surface area contributed by atoms with Gasteiger partial charge in [-0.25, -0.2) is 9.50 Å². The zero-order valence-corrected chi connectivity index (χ0v) is 15.7. The molecule has 0 aliphatic rings. The van der Waals surface area contributed by atoms with Gasteiger partial charge in [0.05, 0.1) is 10.6 Å². The molecular weight excluding hydrogens is 418 g/mol. The standard InChI is InChI=1S/C18H12F6N4S/c1-9-3-4-10(2)27(9)12-5-6-29-16(12)11-7-15-25-13(17(19,20)21)8-14(18(22,23)24)28(15)26-11/h3-8H,1-2H3. The number of halogens is 6. The van der Waals surface area contributed by atoms with Crippen LogP contribution in [0, 0.1) is 13.8 Å². The monoisotopic (exact) mass is 430 g/mol. The van der Waals surface area contributed by atoms with Crippen molar-refractivity contribution in [1.82, 2.24) is 19.2 Å². The molecule has 0 fully saturated rings. The second-order valence-corrected chi connectivity index (χ2v) is 7.32. The van der Waals surface area contributed by atoms with Crippen molar-refractivity contribution in [3.05, 3.63) is 58.5 Å². The van der Waals surface area contributed by atoms with Gasteiger partial charge in [0.2, 0.25) is 0 Å². The lowest BCUT2D eigenvalue weighted by molar-refractivity contribution is -0.148. The van der Waals surface area contributed by atoms with Gasteiger partial charge < -0.3 is 4.57 Å². The zero-order valence-electron chi connectivity index (χ0n) is 14.9. The van der Waals surface area contributed by atoms with Crippen LogP contribution in [0.3, 0.4) is 0 Å². The molecular formula is C18H12F6N4S. The molecule has 4 aromatic heterocycles. The summed E-state index contributed by atoms with van der Waals surface area (Å²) in [5.41, 5.74) is -1.08. The van der Waals surface area contributed by atoms with Crippen molar-refractivity contribution in [2.45, 2.75) is 26.2 Å². The van der Waals surface area contributed by atoms with Crippen LogP contribution in [-0.4, -0.2) is 19.2 Å². The van der Waals surface area contributed by atoms with Gasteiger partial charge in [0.1, 0.15) is 11.4 Å². The number of thiophene rings is 1. The van der Waals surface area contributed by atoms with Crippen molar-refractivity contribution >= 4 is 17.0 Å². The molecule has 0 saturated carbocycles. The van der Waals surface area contributed by atoms with Gasteiger partial charge in [-0.05, 0) is 43.5 Å². The number of rotatable bonds is 2. The van der Waals surface area contributed by atoms with E-state index in [0.717, 1.165) is 17.5 Å². The van der Waals surface area contributed by atoms with E-state index in [9.17, 15) is 26.3 Å². The largest absolute Gasteiger partial charge is 0.433 e. The van der Waals surface area contributed by atoms with Crippen molar-refractivity contribution < 1.29 is 26.3 Å². The molecule has 0 saturated heterocycles. The van der Waals surface area contributed by atoms with E-state index in [1.165, 1.54) is 11.3 Å². The predicted molar refractivity (Wildman–Crippen MR) is 95.1 cm³/mol. The molecule has 4 aromatic rings. The molecule has 0 radical (unpaired) electrons. The second kappa shape index (κ2) is 6.34. The molecule has 11 heteroatoms. The van der Waals surface area contributed by atoms with Gasteiger partial charge in [0, 0.05) is 17.5 Å². The number of fused-ring (bicyclic) bond motifs is 1. The number of nitrogens with zero attached hydrogens (tertiary/aromatic N) is 4. The van der Waals surface area contributed by atoms with Crippen LogP contribution in [0.1, 0.15) is 22.8 Å². The molecule has 0 aliphatic heterocycles. The van der Waals surface area contributed by atoms with Crippen molar-refractivity contribution in [1.29, 1.82) is 0 Å². The molecule has 0 aliphatic carbocycles. The van der Waals surface area contributed by atoms with E-state index in [0.29, 0.717) is 15.1 Å². The highest BCUT2D eigenvalue weighted by molar-refractivity contribution is 7.14. The molecule has 4 nitrogen and oxygen atoms in total. The minimum atomic E-state index is -5.03. The van der Waals surface area contributed by atoms with Gasteiger partial charge in [-0.15, -0.1) is 11.3 Å². The van der Waals surface area contributed by atoms with Crippen LogP contribution in [-0.2, 0) is 12.4 Å². The van der Waals surface area contributed by atoms with Gasteiger partial charge in [-0.2, -0.15) is 31.4 Å². The Labute approximate surface area is 164 Å². The quantitative estimate of drug-likeness (QED) is 0.371. The minimum Gasteiger partial charge on any atom is -0.317 e. The summed E-state index contributed by atoms with van der Waals surface area (Å²) in [6.45, 7) is 3.74. The number of aromatic nitrogens is 4. The summed E-state index contributed by atoms with van der Waals surface area (Å²) in [6.07, 6.45) is -10.0. The van der Waals surface area contributed by atoms with Gasteiger partial charge in [0.15, 0.2) is 11.3 Å². The molecule has 0 bridgehead atoms. The number of hydrogen-bond donors (Lipinski definition) is 0. The van der Waals surface area contributed by atoms with Crippen molar-refractivity contribution in [3.8, 4) is 16.3 Å². The van der Waals surface area contributed by atoms with Gasteiger partial charge in [-0.3, -0.25) is 0 Å². The molecule has 0 N–H and O–H groups in total. The van der Waals surface area contributed by atoms with Crippen molar-refractivity contribution in [2.75, 3.05) is 0 Å². The molecule has 4 rings (SSSR count). The number of alkyl halides is 6. The Morgan fingerprint density at radius 1 is 0.897 bits per heavy atom. The molecule has 29 heavy (non-hydrogen) atoms. The van der Waals surface area contributed by atoms with E-state index in [1.54, 1.807) is 11.4 Å². The first-order valence-corrected chi connectivity index (χ1v) is 9.13. The summed E-state index contributed by atoms with van der Waals surface area (Å²) in [6, 6.07) is 6.66. The number of aryl methyl sites for hydroxylation is 2. The Morgan fingerprint density at radius 2 is 1.55 bits per heavy atom. The molecule has 0 atom stereocenters. The Morgan fingerprint density at radius 3 is 2.14 bits per heavy atom. The Kier molecular flexibility index (Phi) is 4.26. The first kappa shape index (κ1) is 19.5. The molecule has 0 aromatic carbocycles. The lowest BCUT2D eigenvalue weighted by Gasteiger charge is -2.12. The van der Waals surface area contributed by atoms with Crippen molar-refractivity contribution in [3.63, 3.8) is 0 Å². The molecule has 0 spiro atoms. The third-order valence-electron chi connectivity index (χ3n) is 4.40. The highest BCUT2D eigenvalue weighted by atomic mass is 32.1. The molecule has 0 unspecified atom stereocenters. The maximum Gasteiger partial charge on any atom is 0.433 e. The van der Waals surface area contributed by atoms with Crippen molar-refractivity contribution in [2.24, 2.45) is 0 Å². The Balaban J connectivity index is 1.96. The Bertz CT molecular complexity index is 1190. The normalized spacial score (nSPS) is 12.8. The summed E-state index contributed by atoms with van der Waals surface area (Å²) in [5.74, 6) is 0. The first-order chi connectivity index (χ1) is 13.5. The predicted octanol–water partition coefficient (Wildman–Crippen LogP) is 5.90. The fraction of sp³-hybridized carbons (Fsp3) is 0.222. The van der Waals surface area contributed by atoms with Crippen LogP contribution in [0.2, 0.25) is 0 Å². The fourth-order valence-electron chi connectivity index (χ4n) is 3.15. The smallest absolute Gasteiger partial charge is 0.317 e. The summed E-state index contributed by atoms with van der Waals surface area (Å²) in [5, 5.41) is 5.68. The zero-order chi connectivity index (χ0) is 21.1. The summed E-state index contributed by atoms with van der Waals surface area (Å²) in [7, 11) is 0. The highest BCUT2D eigenvalue weighted by Crippen LogP contribution is 2.38. The van der Waals surface area contributed by atoms with E-state index >= 15 is 0 Å². The van der Waals surface area contributed by atoms with Crippen LogP contribution in [0.4, 0.5) is 26.3 Å². The van der Waals surface area contributed by atoms with Gasteiger partial charge >= 0.3 is 12.4 Å². The van der Waals surface area contributed by atoms with E-state index in [4.69, 9.17) is 0 Å². The first-order valence-electron chi connectivity index (χ1n) is 8.25. The minimum absolute atomic E-state index is 0.0284. The average molecular weight is 430 g/mol. The number of hydrogen-bond acceptors (Lipinski definition) is 3. The SMILES string of the molecule is Cc1ccc(C)n1-c1ccsc1-c1cc2nc(C(F)(F)F)cc(C(F)(F)F)n2n1. The Hall–Kier alpha value is -2.82. The summed E-state index contributed by atoms with van der Waals surface area (Å²) < 4.78 is 81.6. The third kappa shape index (κ3) is 3.28. The molecule has 4 heterocycles. The van der Waals surface area contributed by atoms with Crippen LogP contribution < -0.4 is 0 Å². The maximum absolute atomic E-state index is 13.4. The van der Waals surface area contributed by atoms with Crippen LogP contribution in [0.5, 0.6) is 0 Å². The second-order valence-electron chi connectivity index (χ2n) is 6.41. The van der Waals surface area contributed by atoms with Gasteiger partial charge in [0.25, 0.3) is 0 Å². The lowest BCUT2D eigenvalue weighted by Crippen LogP contribution is -2.17. The third-order valence-corrected chi connectivity index (χ3v) is 5.32. The van der Waals surface area contributed by atoms with Gasteiger partial charge in [-0.1, -0.05) is 0 Å². The van der Waals surface area contributed by atoms with Crippen LogP contribution >= 0.6 is 11.3 Å². The topological polar surface area (TPSA) is 35.1 Å². The summed E-state index contributed by atoms with van der Waals surface area (Å²) >= 11 is 1.23. The van der Waals surface area contributed by atoms with E-state index in [-0.39, 0.29) is 11.8 Å². The maximum atomic E-state index is 13.4. The molecule has 152 valence electrons. The summed E-state index contributed by atoms with van der Waals surface area (Å²) in [4.78, 5) is 3.88. The highest BCUT2D eigenvalue weighted by Gasteiger charge is 2.40. The lowest BCUT2D eigenvalue weighted by atomic mass is 10.2. The van der Waals surface area contributed by atoms with Crippen LogP contribution in [0.15, 0.2) is 35.7 Å². The average Bonchev–Trinajstić information content (AvgIpc) is 3.29. The molecule has 0 amide bonds. The fourth-order valence-corrected chi connectivity index (χ4v) is 3.98. The van der Waals surface area contributed by atoms with E-state index in [2.05, 4.69) is 10.1 Å². The van der Waals surface area contributed by atoms with E-state index < -0.39 is 29.4 Å². The van der Waals surface area contributed by atoms with E-state index in [1.807, 2.05) is 30.5 Å².